The number of hydrazine groups is 1. The van der Waals surface area contributed by atoms with Gasteiger partial charge in [0.2, 0.25) is 5.91 Å². The molecule has 14 heavy (non-hydrogen) atoms. The van der Waals surface area contributed by atoms with Gasteiger partial charge in [0.05, 0.1) is 0 Å². The Morgan fingerprint density at radius 1 is 1.57 bits per heavy atom. The summed E-state index contributed by atoms with van der Waals surface area (Å²) < 4.78 is 0. The van der Waals surface area contributed by atoms with Crippen molar-refractivity contribution in [1.29, 1.82) is 0 Å². The Kier molecular flexibility index (Phi) is 1.37. The average molecular weight is 191 g/mol. The maximum Gasteiger partial charge on any atom is 0.237 e. The van der Waals surface area contributed by atoms with E-state index in [9.17, 15) is 4.79 Å². The third kappa shape index (κ3) is 1.00. The number of primary amides is 1. The number of hydrogen-bond donors (Lipinski definition) is 3. The molecule has 1 saturated heterocycles. The first-order valence-electron chi connectivity index (χ1n) is 4.93. The summed E-state index contributed by atoms with van der Waals surface area (Å²) in [6.45, 7) is 0. The Morgan fingerprint density at radius 3 is 3.00 bits per heavy atom. The molecule has 1 heterocycles. The van der Waals surface area contributed by atoms with Crippen molar-refractivity contribution in [2.45, 2.75) is 18.9 Å². The first-order chi connectivity index (χ1) is 6.70. The second-order valence-corrected chi connectivity index (χ2v) is 4.37. The van der Waals surface area contributed by atoms with Gasteiger partial charge < -0.3 is 11.2 Å². The number of carbonyl (C=O) groups excluding carboxylic acids is 1. The predicted molar refractivity (Wildman–Crippen MR) is 51.6 cm³/mol. The van der Waals surface area contributed by atoms with Gasteiger partial charge in [-0.05, 0) is 12.8 Å². The molecule has 74 valence electrons. The Balaban J connectivity index is 1.90. The summed E-state index contributed by atoms with van der Waals surface area (Å²) in [5.41, 5.74) is 12.7. The van der Waals surface area contributed by atoms with Crippen molar-refractivity contribution in [2.24, 2.45) is 17.1 Å². The van der Waals surface area contributed by atoms with E-state index in [1.165, 1.54) is 12.8 Å². The lowest BCUT2D eigenvalue weighted by atomic mass is 9.88. The second-order valence-electron chi connectivity index (χ2n) is 4.37. The van der Waals surface area contributed by atoms with Crippen molar-refractivity contribution in [1.82, 2.24) is 10.9 Å². The average Bonchev–Trinajstić information content (AvgIpc) is 2.77. The topological polar surface area (TPSA) is 67.2 Å². The van der Waals surface area contributed by atoms with Gasteiger partial charge in [-0.15, -0.1) is 0 Å². The molecule has 3 rings (SSSR count). The number of nitrogens with two attached hydrogens (primary N) is 1. The summed E-state index contributed by atoms with van der Waals surface area (Å²) in [7, 11) is 0. The molecule has 0 aromatic rings. The molecule has 4 nitrogen and oxygen atoms in total. The first-order valence-corrected chi connectivity index (χ1v) is 4.93. The molecule has 2 atom stereocenters. The molecule has 1 aliphatic heterocycles. The number of fused-ring (bicyclic) bond motifs is 1. The van der Waals surface area contributed by atoms with Gasteiger partial charge in [-0.3, -0.25) is 4.79 Å². The highest BCUT2D eigenvalue weighted by Crippen LogP contribution is 2.52. The third-order valence-corrected chi connectivity index (χ3v) is 3.30. The van der Waals surface area contributed by atoms with Crippen LogP contribution < -0.4 is 16.6 Å². The van der Waals surface area contributed by atoms with E-state index in [0.717, 1.165) is 5.70 Å². The maximum atomic E-state index is 11.1. The van der Waals surface area contributed by atoms with Gasteiger partial charge in [-0.2, -0.15) is 0 Å². The van der Waals surface area contributed by atoms with Crippen LogP contribution in [0.5, 0.6) is 0 Å². The summed E-state index contributed by atoms with van der Waals surface area (Å²) in [6.07, 6.45) is 9.00. The first kappa shape index (κ1) is 8.05. The number of hydrogen-bond acceptors (Lipinski definition) is 3. The van der Waals surface area contributed by atoms with Crippen molar-refractivity contribution in [3.63, 3.8) is 0 Å². The highest BCUT2D eigenvalue weighted by atomic mass is 16.1. The number of allylic oxidation sites excluding steroid dienone is 2. The van der Waals surface area contributed by atoms with E-state index in [-0.39, 0.29) is 17.9 Å². The van der Waals surface area contributed by atoms with E-state index in [4.69, 9.17) is 5.73 Å². The van der Waals surface area contributed by atoms with Gasteiger partial charge in [0.15, 0.2) is 0 Å². The van der Waals surface area contributed by atoms with E-state index >= 15 is 0 Å². The molecule has 0 radical (unpaired) electrons. The van der Waals surface area contributed by atoms with Crippen LogP contribution in [-0.2, 0) is 4.79 Å². The lowest BCUT2D eigenvalue weighted by molar-refractivity contribution is -0.120. The summed E-state index contributed by atoms with van der Waals surface area (Å²) in [5.74, 6) is -0.193. The summed E-state index contributed by atoms with van der Waals surface area (Å²) in [5, 5.41) is 0. The molecule has 1 amide bonds. The van der Waals surface area contributed by atoms with Crippen molar-refractivity contribution in [3.05, 3.63) is 23.9 Å². The van der Waals surface area contributed by atoms with Gasteiger partial charge in [-0.25, -0.2) is 5.43 Å². The van der Waals surface area contributed by atoms with E-state index in [1.807, 2.05) is 0 Å². The van der Waals surface area contributed by atoms with Crippen LogP contribution in [-0.4, -0.2) is 11.9 Å². The summed E-state index contributed by atoms with van der Waals surface area (Å²) >= 11 is 0. The molecule has 0 bridgehead atoms. The van der Waals surface area contributed by atoms with Crippen LogP contribution in [0.4, 0.5) is 0 Å². The van der Waals surface area contributed by atoms with Gasteiger partial charge in [-0.1, -0.05) is 18.2 Å². The van der Waals surface area contributed by atoms with E-state index in [0.29, 0.717) is 5.41 Å². The van der Waals surface area contributed by atoms with E-state index in [2.05, 4.69) is 29.1 Å². The zero-order chi connectivity index (χ0) is 9.76. The molecule has 2 unspecified atom stereocenters. The molecule has 4 heteroatoms. The van der Waals surface area contributed by atoms with Crippen LogP contribution in [0.15, 0.2) is 23.9 Å². The van der Waals surface area contributed by atoms with Gasteiger partial charge in [0.25, 0.3) is 0 Å². The standard InChI is InChI=1S/C10H13N3O/c11-9(14)8-6-1-2-10(3-4-10)5-7(6)12-13-8/h1-2,5-6,8,12-13H,3-4H2,(H2,11,14). The van der Waals surface area contributed by atoms with E-state index < -0.39 is 0 Å². The van der Waals surface area contributed by atoms with Gasteiger partial charge in [0, 0.05) is 17.0 Å². The lowest BCUT2D eigenvalue weighted by Crippen LogP contribution is -2.42. The Labute approximate surface area is 82.2 Å². The number of amides is 1. The van der Waals surface area contributed by atoms with Crippen LogP contribution in [0.1, 0.15) is 12.8 Å². The minimum atomic E-state index is -0.303. The van der Waals surface area contributed by atoms with Crippen LogP contribution in [0.25, 0.3) is 0 Å². The van der Waals surface area contributed by atoms with Crippen LogP contribution >= 0.6 is 0 Å². The molecule has 2 fully saturated rings. The lowest BCUT2D eigenvalue weighted by Gasteiger charge is -2.18. The van der Waals surface area contributed by atoms with Crippen LogP contribution in [0, 0.1) is 11.3 Å². The van der Waals surface area contributed by atoms with Gasteiger partial charge in [0.1, 0.15) is 6.04 Å². The zero-order valence-corrected chi connectivity index (χ0v) is 7.79. The van der Waals surface area contributed by atoms with Gasteiger partial charge >= 0.3 is 0 Å². The highest BCUT2D eigenvalue weighted by Gasteiger charge is 2.44. The zero-order valence-electron chi connectivity index (χ0n) is 7.79. The van der Waals surface area contributed by atoms with E-state index in [1.54, 1.807) is 0 Å². The Hall–Kier alpha value is -1.29. The molecule has 0 aromatic heterocycles. The number of nitrogens with one attached hydrogen (secondary N) is 2. The quantitative estimate of drug-likeness (QED) is 0.503. The largest absolute Gasteiger partial charge is 0.368 e. The maximum absolute atomic E-state index is 11.1. The SMILES string of the molecule is NC(=O)C1NNC2=CC3(C=CC21)CC3. The molecule has 1 spiro atoms. The molecule has 3 aliphatic rings. The molecule has 4 N–H and O–H groups in total. The summed E-state index contributed by atoms with van der Waals surface area (Å²) in [4.78, 5) is 11.1. The Bertz CT molecular complexity index is 354. The monoisotopic (exact) mass is 191 g/mol. The molecule has 1 saturated carbocycles. The second kappa shape index (κ2) is 2.39. The minimum Gasteiger partial charge on any atom is -0.368 e. The fourth-order valence-electron chi connectivity index (χ4n) is 2.22. The molecular weight excluding hydrogens is 178 g/mol. The molecular formula is C10H13N3O. The normalized spacial score (nSPS) is 36.1. The highest BCUT2D eigenvalue weighted by molar-refractivity contribution is 5.81. The van der Waals surface area contributed by atoms with Crippen molar-refractivity contribution < 1.29 is 4.79 Å². The molecule has 2 aliphatic carbocycles. The van der Waals surface area contributed by atoms with Crippen molar-refractivity contribution >= 4 is 5.91 Å². The third-order valence-electron chi connectivity index (χ3n) is 3.30. The minimum absolute atomic E-state index is 0.110. The fourth-order valence-corrected chi connectivity index (χ4v) is 2.22. The number of rotatable bonds is 1. The molecule has 0 aromatic carbocycles. The number of carbonyl (C=O) groups is 1. The fraction of sp³-hybridized carbons (Fsp3) is 0.500. The van der Waals surface area contributed by atoms with Crippen LogP contribution in [0.3, 0.4) is 0 Å². The Morgan fingerprint density at radius 2 is 2.36 bits per heavy atom. The van der Waals surface area contributed by atoms with Crippen molar-refractivity contribution in [3.8, 4) is 0 Å². The predicted octanol–water partition coefficient (Wildman–Crippen LogP) is -0.202. The van der Waals surface area contributed by atoms with Crippen molar-refractivity contribution in [2.75, 3.05) is 0 Å². The van der Waals surface area contributed by atoms with Crippen LogP contribution in [0.2, 0.25) is 0 Å². The smallest absolute Gasteiger partial charge is 0.237 e. The summed E-state index contributed by atoms with van der Waals surface area (Å²) in [6, 6.07) is -0.298.